The van der Waals surface area contributed by atoms with E-state index in [9.17, 15) is 4.79 Å². The van der Waals surface area contributed by atoms with Crippen LogP contribution in [0.2, 0.25) is 5.02 Å². The Morgan fingerprint density at radius 2 is 2.04 bits per heavy atom. The maximum atomic E-state index is 12.2. The summed E-state index contributed by atoms with van der Waals surface area (Å²) < 4.78 is 11.5. The van der Waals surface area contributed by atoms with Gasteiger partial charge in [-0.2, -0.15) is 0 Å². The summed E-state index contributed by atoms with van der Waals surface area (Å²) in [5.74, 6) is 0.453. The van der Waals surface area contributed by atoms with Gasteiger partial charge in [-0.15, -0.1) is 11.3 Å². The fraction of sp³-hybridized carbons (Fsp3) is 0.0526. The third-order valence-electron chi connectivity index (χ3n) is 3.75. The molecule has 3 aromatic rings. The molecule has 1 aliphatic heterocycles. The minimum absolute atomic E-state index is 0.233. The predicted octanol–water partition coefficient (Wildman–Crippen LogP) is 4.91. The Labute approximate surface area is 153 Å². The molecule has 0 spiro atoms. The van der Waals surface area contributed by atoms with E-state index in [1.54, 1.807) is 13.2 Å². The van der Waals surface area contributed by atoms with Crippen LogP contribution in [0.3, 0.4) is 0 Å². The van der Waals surface area contributed by atoms with Crippen molar-refractivity contribution in [2.45, 2.75) is 0 Å². The quantitative estimate of drug-likeness (QED) is 0.487. The van der Waals surface area contributed by atoms with Gasteiger partial charge in [-0.3, -0.25) is 0 Å². The van der Waals surface area contributed by atoms with Crippen LogP contribution in [-0.2, 0) is 9.53 Å². The lowest BCUT2D eigenvalue weighted by atomic mass is 10.2. The van der Waals surface area contributed by atoms with Crippen LogP contribution >= 0.6 is 22.9 Å². The summed E-state index contributed by atoms with van der Waals surface area (Å²) in [5, 5.41) is 1.47. The number of esters is 1. The van der Waals surface area contributed by atoms with E-state index >= 15 is 0 Å². The number of nitrogens with zero attached hydrogens (tertiary/aromatic N) is 1. The van der Waals surface area contributed by atoms with E-state index in [1.807, 2.05) is 48.5 Å². The molecule has 0 saturated carbocycles. The van der Waals surface area contributed by atoms with Gasteiger partial charge in [0.05, 0.1) is 12.1 Å². The molecule has 1 aromatic heterocycles. The second kappa shape index (κ2) is 6.35. The van der Waals surface area contributed by atoms with Crippen LogP contribution in [0.15, 0.2) is 59.2 Å². The van der Waals surface area contributed by atoms with Crippen LogP contribution in [0, 0.1) is 0 Å². The number of hydrogen-bond donors (Lipinski definition) is 0. The molecule has 0 saturated heterocycles. The van der Waals surface area contributed by atoms with Crippen LogP contribution in [0.4, 0.5) is 0 Å². The van der Waals surface area contributed by atoms with E-state index in [-0.39, 0.29) is 11.6 Å². The molecule has 25 heavy (non-hydrogen) atoms. The molecule has 4 nitrogen and oxygen atoms in total. The van der Waals surface area contributed by atoms with Crippen molar-refractivity contribution < 1.29 is 14.3 Å². The van der Waals surface area contributed by atoms with Crippen molar-refractivity contribution >= 4 is 51.0 Å². The van der Waals surface area contributed by atoms with Crippen LogP contribution in [0.5, 0.6) is 5.75 Å². The molecule has 0 N–H and O–H groups in total. The highest BCUT2D eigenvalue weighted by Crippen LogP contribution is 2.37. The number of benzene rings is 2. The average molecular weight is 370 g/mol. The summed E-state index contributed by atoms with van der Waals surface area (Å²) in [7, 11) is 1.59. The molecule has 0 aliphatic carbocycles. The van der Waals surface area contributed by atoms with Gasteiger partial charge in [0.2, 0.25) is 5.90 Å². The average Bonchev–Trinajstić information content (AvgIpc) is 3.16. The Hall–Kier alpha value is -2.63. The number of ether oxygens (including phenoxy) is 2. The van der Waals surface area contributed by atoms with Crippen molar-refractivity contribution in [3.63, 3.8) is 0 Å². The van der Waals surface area contributed by atoms with E-state index in [2.05, 4.69) is 4.99 Å². The van der Waals surface area contributed by atoms with Crippen molar-refractivity contribution in [1.82, 2.24) is 0 Å². The van der Waals surface area contributed by atoms with E-state index in [4.69, 9.17) is 21.1 Å². The predicted molar refractivity (Wildman–Crippen MR) is 100 cm³/mol. The largest absolute Gasteiger partial charge is 0.497 e. The van der Waals surface area contributed by atoms with Crippen molar-refractivity contribution in [2.75, 3.05) is 7.11 Å². The standard InChI is InChI=1S/C19H12ClNO3S/c1-23-12-6-4-5-11(9-12)10-14-19(22)24-18(21-14)17-16(20)13-7-2-3-8-15(13)25-17/h2-10H,1H3. The number of carbonyl (C=O) groups excluding carboxylic acids is 1. The molecule has 2 aromatic carbocycles. The van der Waals surface area contributed by atoms with E-state index in [1.165, 1.54) is 11.3 Å². The smallest absolute Gasteiger partial charge is 0.363 e. The molecule has 0 fully saturated rings. The molecule has 0 amide bonds. The van der Waals surface area contributed by atoms with E-state index in [0.29, 0.717) is 15.6 Å². The maximum Gasteiger partial charge on any atom is 0.363 e. The number of hydrogen-bond acceptors (Lipinski definition) is 5. The zero-order valence-corrected chi connectivity index (χ0v) is 14.7. The Kier molecular flexibility index (Phi) is 4.03. The topological polar surface area (TPSA) is 47.9 Å². The molecule has 0 unspecified atom stereocenters. The van der Waals surface area contributed by atoms with Crippen LogP contribution < -0.4 is 4.74 Å². The first-order chi connectivity index (χ1) is 12.2. The Morgan fingerprint density at radius 3 is 2.84 bits per heavy atom. The number of methoxy groups -OCH3 is 1. The summed E-state index contributed by atoms with van der Waals surface area (Å²) >= 11 is 7.89. The highest BCUT2D eigenvalue weighted by molar-refractivity contribution is 7.21. The highest BCUT2D eigenvalue weighted by atomic mass is 35.5. The van der Waals surface area contributed by atoms with Crippen LogP contribution in [0.25, 0.3) is 16.2 Å². The van der Waals surface area contributed by atoms with E-state index in [0.717, 1.165) is 15.6 Å². The zero-order valence-electron chi connectivity index (χ0n) is 13.2. The number of halogens is 1. The van der Waals surface area contributed by atoms with Gasteiger partial charge in [0.25, 0.3) is 0 Å². The molecule has 6 heteroatoms. The number of carbonyl (C=O) groups is 1. The summed E-state index contributed by atoms with van der Waals surface area (Å²) in [5.41, 5.74) is 1.04. The first-order valence-corrected chi connectivity index (χ1v) is 8.69. The zero-order chi connectivity index (χ0) is 17.4. The van der Waals surface area contributed by atoms with Gasteiger partial charge >= 0.3 is 5.97 Å². The summed E-state index contributed by atoms with van der Waals surface area (Å²) in [6, 6.07) is 15.1. The van der Waals surface area contributed by atoms with Crippen molar-refractivity contribution in [2.24, 2.45) is 4.99 Å². The molecule has 0 bridgehead atoms. The fourth-order valence-corrected chi connectivity index (χ4v) is 3.99. The second-order valence-corrected chi connectivity index (χ2v) is 6.78. The highest BCUT2D eigenvalue weighted by Gasteiger charge is 2.27. The SMILES string of the molecule is COc1cccc(C=C2N=C(c3sc4ccccc4c3Cl)OC2=O)c1. The summed E-state index contributed by atoms with van der Waals surface area (Å²) in [6.07, 6.45) is 1.67. The lowest BCUT2D eigenvalue weighted by molar-refractivity contribution is -0.129. The molecule has 2 heterocycles. The Balaban J connectivity index is 1.74. The van der Waals surface area contributed by atoms with Crippen molar-refractivity contribution in [1.29, 1.82) is 0 Å². The number of rotatable bonds is 3. The van der Waals surface area contributed by atoms with Gasteiger partial charge in [-0.1, -0.05) is 41.9 Å². The van der Waals surface area contributed by atoms with Crippen LogP contribution in [-0.4, -0.2) is 19.0 Å². The number of aliphatic imine (C=N–C) groups is 1. The first kappa shape index (κ1) is 15.9. The van der Waals surface area contributed by atoms with Gasteiger partial charge in [0.15, 0.2) is 5.70 Å². The van der Waals surface area contributed by atoms with Crippen LogP contribution in [0.1, 0.15) is 10.4 Å². The number of cyclic esters (lactones) is 1. The van der Waals surface area contributed by atoms with Gasteiger partial charge in [0.1, 0.15) is 10.6 Å². The monoisotopic (exact) mass is 369 g/mol. The van der Waals surface area contributed by atoms with Crippen molar-refractivity contribution in [3.05, 3.63) is 69.7 Å². The molecule has 4 rings (SSSR count). The van der Waals surface area contributed by atoms with Gasteiger partial charge in [0, 0.05) is 10.1 Å². The first-order valence-electron chi connectivity index (χ1n) is 7.50. The Bertz CT molecular complexity index is 1050. The van der Waals surface area contributed by atoms with Gasteiger partial charge in [-0.25, -0.2) is 9.79 Å². The lowest BCUT2D eigenvalue weighted by Gasteiger charge is -2.00. The Morgan fingerprint density at radius 1 is 1.20 bits per heavy atom. The second-order valence-electron chi connectivity index (χ2n) is 5.35. The van der Waals surface area contributed by atoms with E-state index < -0.39 is 5.97 Å². The number of fused-ring (bicyclic) bond motifs is 1. The maximum absolute atomic E-state index is 12.2. The summed E-state index contributed by atoms with van der Waals surface area (Å²) in [6.45, 7) is 0. The summed E-state index contributed by atoms with van der Waals surface area (Å²) in [4.78, 5) is 17.2. The molecular weight excluding hydrogens is 358 g/mol. The molecule has 1 aliphatic rings. The molecule has 124 valence electrons. The lowest BCUT2D eigenvalue weighted by Crippen LogP contribution is -2.04. The normalized spacial score (nSPS) is 15.5. The van der Waals surface area contributed by atoms with Crippen molar-refractivity contribution in [3.8, 4) is 5.75 Å². The van der Waals surface area contributed by atoms with Gasteiger partial charge in [-0.05, 0) is 29.8 Å². The third kappa shape index (κ3) is 2.92. The third-order valence-corrected chi connectivity index (χ3v) is 5.41. The molecule has 0 atom stereocenters. The molecule has 0 radical (unpaired) electrons. The van der Waals surface area contributed by atoms with Gasteiger partial charge < -0.3 is 9.47 Å². The fourth-order valence-electron chi connectivity index (χ4n) is 2.55. The minimum atomic E-state index is -0.494. The number of thiophene rings is 1. The molecular formula is C19H12ClNO3S. The minimum Gasteiger partial charge on any atom is -0.497 e.